The molecule has 2 aromatic rings. The Bertz CT molecular complexity index is 727. The lowest BCUT2D eigenvalue weighted by Crippen LogP contribution is -2.14. The first-order chi connectivity index (χ1) is 10.2. The number of aryl methyl sites for hydroxylation is 1. The fraction of sp³-hybridized carbons (Fsp3) is 0.385. The van der Waals surface area contributed by atoms with Gasteiger partial charge in [0, 0.05) is 4.88 Å². The van der Waals surface area contributed by atoms with Crippen LogP contribution in [-0.4, -0.2) is 16.2 Å². The lowest BCUT2D eigenvalue weighted by molar-refractivity contribution is 0.101. The zero-order chi connectivity index (χ0) is 14.8. The highest BCUT2D eigenvalue weighted by Gasteiger charge is 2.23. The van der Waals surface area contributed by atoms with Crippen LogP contribution in [-0.2, 0) is 12.8 Å². The van der Waals surface area contributed by atoms with Crippen molar-refractivity contribution in [2.45, 2.75) is 32.1 Å². The number of nitrogens with two attached hydrogens (primary N) is 1. The summed E-state index contributed by atoms with van der Waals surface area (Å²) in [5.41, 5.74) is 7.05. The monoisotopic (exact) mass is 303 g/mol. The van der Waals surface area contributed by atoms with Gasteiger partial charge < -0.3 is 11.1 Å². The number of carbonyl (C=O) groups excluding carboxylic acids is 1. The Kier molecular flexibility index (Phi) is 3.58. The molecule has 0 aromatic carbocycles. The van der Waals surface area contributed by atoms with Crippen molar-refractivity contribution in [2.75, 3.05) is 11.1 Å². The van der Waals surface area contributed by atoms with Crippen molar-refractivity contribution < 1.29 is 9.42 Å². The van der Waals surface area contributed by atoms with Gasteiger partial charge in [0.1, 0.15) is 11.1 Å². The highest BCUT2D eigenvalue weighted by Crippen LogP contribution is 2.37. The summed E-state index contributed by atoms with van der Waals surface area (Å²) in [6.07, 6.45) is 5.21. The zero-order valence-electron chi connectivity index (χ0n) is 11.2. The second kappa shape index (κ2) is 5.54. The zero-order valence-corrected chi connectivity index (χ0v) is 12.0. The summed E-state index contributed by atoms with van der Waals surface area (Å²) >= 11 is 1.46. The summed E-state index contributed by atoms with van der Waals surface area (Å²) in [5.74, 6) is -0.578. The predicted octanol–water partition coefficient (Wildman–Crippen LogP) is 2.11. The molecular formula is C13H13N5O2S. The molecule has 0 bridgehead atoms. The highest BCUT2D eigenvalue weighted by atomic mass is 32.1. The molecule has 1 amide bonds. The van der Waals surface area contributed by atoms with Crippen LogP contribution in [0.25, 0.3) is 0 Å². The molecule has 2 aromatic heterocycles. The van der Waals surface area contributed by atoms with Crippen LogP contribution in [0.15, 0.2) is 4.63 Å². The average molecular weight is 303 g/mol. The first-order valence-corrected chi connectivity index (χ1v) is 7.46. The van der Waals surface area contributed by atoms with Gasteiger partial charge in [0.05, 0.1) is 5.56 Å². The maximum absolute atomic E-state index is 12.1. The number of rotatable bonds is 2. The minimum absolute atomic E-state index is 0.0656. The van der Waals surface area contributed by atoms with E-state index in [9.17, 15) is 10.1 Å². The fourth-order valence-electron chi connectivity index (χ4n) is 2.46. The summed E-state index contributed by atoms with van der Waals surface area (Å²) in [7, 11) is 0. The Morgan fingerprint density at radius 1 is 1.33 bits per heavy atom. The Labute approximate surface area is 124 Å². The van der Waals surface area contributed by atoms with Crippen molar-refractivity contribution in [1.29, 1.82) is 5.26 Å². The van der Waals surface area contributed by atoms with Gasteiger partial charge in [-0.05, 0) is 41.6 Å². The molecule has 7 nitrogen and oxygen atoms in total. The number of nitrogens with one attached hydrogen (secondary N) is 1. The topological polar surface area (TPSA) is 118 Å². The summed E-state index contributed by atoms with van der Waals surface area (Å²) in [4.78, 5) is 13.3. The predicted molar refractivity (Wildman–Crippen MR) is 77.0 cm³/mol. The van der Waals surface area contributed by atoms with Crippen LogP contribution in [0, 0.1) is 11.3 Å². The molecule has 0 saturated carbocycles. The third-order valence-electron chi connectivity index (χ3n) is 3.49. The van der Waals surface area contributed by atoms with Crippen molar-refractivity contribution in [3.63, 3.8) is 0 Å². The normalized spacial score (nSPS) is 14.0. The quantitative estimate of drug-likeness (QED) is 0.820. The number of anilines is 2. The van der Waals surface area contributed by atoms with Crippen LogP contribution in [0.5, 0.6) is 0 Å². The maximum Gasteiger partial charge on any atom is 0.282 e. The van der Waals surface area contributed by atoms with E-state index >= 15 is 0 Å². The minimum atomic E-state index is -0.512. The molecule has 0 saturated heterocycles. The Morgan fingerprint density at radius 3 is 2.86 bits per heavy atom. The second-order valence-electron chi connectivity index (χ2n) is 4.83. The molecule has 3 N–H and O–H groups in total. The standard InChI is InChI=1S/C13H13N5O2S/c14-6-8-7-4-2-1-3-5-9(7)21-13(8)16-12(19)10-11(15)18-20-17-10/h1-5H2,(H2,15,18)(H,16,19). The fourth-order valence-corrected chi connectivity index (χ4v) is 3.70. The summed E-state index contributed by atoms with van der Waals surface area (Å²) in [6.45, 7) is 0. The van der Waals surface area contributed by atoms with E-state index in [1.165, 1.54) is 22.6 Å². The molecule has 0 unspecified atom stereocenters. The first kappa shape index (κ1) is 13.6. The second-order valence-corrected chi connectivity index (χ2v) is 5.94. The van der Waals surface area contributed by atoms with E-state index in [1.54, 1.807) is 0 Å². The number of fused-ring (bicyclic) bond motifs is 1. The van der Waals surface area contributed by atoms with Crippen molar-refractivity contribution in [1.82, 2.24) is 10.3 Å². The van der Waals surface area contributed by atoms with E-state index in [4.69, 9.17) is 5.73 Å². The first-order valence-electron chi connectivity index (χ1n) is 6.64. The van der Waals surface area contributed by atoms with E-state index in [2.05, 4.69) is 26.3 Å². The molecule has 1 aliphatic rings. The van der Waals surface area contributed by atoms with Crippen molar-refractivity contribution in [3.8, 4) is 6.07 Å². The minimum Gasteiger partial charge on any atom is -0.379 e. The largest absolute Gasteiger partial charge is 0.379 e. The molecule has 21 heavy (non-hydrogen) atoms. The molecular weight excluding hydrogens is 290 g/mol. The molecule has 3 rings (SSSR count). The number of nitrogens with zero attached hydrogens (tertiary/aromatic N) is 3. The molecule has 0 atom stereocenters. The van der Waals surface area contributed by atoms with Gasteiger partial charge in [-0.25, -0.2) is 4.63 Å². The van der Waals surface area contributed by atoms with Gasteiger partial charge in [-0.3, -0.25) is 4.79 Å². The molecule has 108 valence electrons. The maximum atomic E-state index is 12.1. The third-order valence-corrected chi connectivity index (χ3v) is 4.70. The van der Waals surface area contributed by atoms with Gasteiger partial charge >= 0.3 is 0 Å². The lowest BCUT2D eigenvalue weighted by Gasteiger charge is -2.01. The van der Waals surface area contributed by atoms with Gasteiger partial charge in [-0.1, -0.05) is 6.42 Å². The summed E-state index contributed by atoms with van der Waals surface area (Å²) in [5, 5.41) is 19.5. The van der Waals surface area contributed by atoms with Gasteiger partial charge in [0.25, 0.3) is 5.91 Å². The van der Waals surface area contributed by atoms with Crippen LogP contribution in [0.3, 0.4) is 0 Å². The Morgan fingerprint density at radius 2 is 2.14 bits per heavy atom. The number of nitriles is 1. The lowest BCUT2D eigenvalue weighted by atomic mass is 10.1. The number of hydrogen-bond donors (Lipinski definition) is 2. The molecule has 8 heteroatoms. The molecule has 0 aliphatic heterocycles. The number of amides is 1. The van der Waals surface area contributed by atoms with E-state index in [0.29, 0.717) is 10.6 Å². The number of nitrogen functional groups attached to an aromatic ring is 1. The van der Waals surface area contributed by atoms with Crippen LogP contribution < -0.4 is 11.1 Å². The smallest absolute Gasteiger partial charge is 0.282 e. The van der Waals surface area contributed by atoms with Crippen LogP contribution in [0.4, 0.5) is 10.8 Å². The van der Waals surface area contributed by atoms with Gasteiger partial charge in [-0.15, -0.1) is 11.3 Å². The van der Waals surface area contributed by atoms with Gasteiger partial charge in [0.15, 0.2) is 0 Å². The van der Waals surface area contributed by atoms with Crippen molar-refractivity contribution in [3.05, 3.63) is 21.7 Å². The van der Waals surface area contributed by atoms with E-state index in [0.717, 1.165) is 31.2 Å². The van der Waals surface area contributed by atoms with Crippen LogP contribution in [0.2, 0.25) is 0 Å². The SMILES string of the molecule is N#Cc1c(NC(=O)c2nonc2N)sc2c1CCCCC2. The summed E-state index contributed by atoms with van der Waals surface area (Å²) < 4.78 is 4.41. The Balaban J connectivity index is 1.91. The van der Waals surface area contributed by atoms with Gasteiger partial charge in [0.2, 0.25) is 11.5 Å². The Hall–Kier alpha value is -2.40. The molecule has 2 heterocycles. The van der Waals surface area contributed by atoms with Crippen molar-refractivity contribution >= 4 is 28.1 Å². The number of aromatic nitrogens is 2. The van der Waals surface area contributed by atoms with E-state index < -0.39 is 5.91 Å². The van der Waals surface area contributed by atoms with Crippen molar-refractivity contribution in [2.24, 2.45) is 0 Å². The molecule has 0 radical (unpaired) electrons. The van der Waals surface area contributed by atoms with Crippen LogP contribution >= 0.6 is 11.3 Å². The third kappa shape index (κ3) is 2.48. The highest BCUT2D eigenvalue weighted by molar-refractivity contribution is 7.16. The van der Waals surface area contributed by atoms with Gasteiger partial charge in [-0.2, -0.15) is 5.26 Å². The molecule has 0 spiro atoms. The van der Waals surface area contributed by atoms with E-state index in [1.807, 2.05) is 0 Å². The van der Waals surface area contributed by atoms with Crippen LogP contribution in [0.1, 0.15) is 45.8 Å². The number of carbonyl (C=O) groups is 1. The summed E-state index contributed by atoms with van der Waals surface area (Å²) in [6, 6.07) is 2.20. The number of thiophene rings is 1. The number of hydrogen-bond acceptors (Lipinski definition) is 7. The molecule has 0 fully saturated rings. The van der Waals surface area contributed by atoms with E-state index in [-0.39, 0.29) is 11.5 Å². The molecule has 1 aliphatic carbocycles. The average Bonchev–Trinajstić information content (AvgIpc) is 2.95.